The van der Waals surface area contributed by atoms with Crippen LogP contribution in [0.1, 0.15) is 39.1 Å². The molecule has 2 aromatic heterocycles. The summed E-state index contributed by atoms with van der Waals surface area (Å²) in [4.78, 5) is 30.6. The molecule has 1 aliphatic heterocycles. The maximum Gasteiger partial charge on any atom is 0.256 e. The number of thiophene rings is 1. The lowest BCUT2D eigenvalue weighted by atomic mass is 9.84. The Balaban J connectivity index is 1.32. The van der Waals surface area contributed by atoms with Crippen LogP contribution in [0.2, 0.25) is 0 Å². The van der Waals surface area contributed by atoms with Crippen LogP contribution in [0.4, 0.5) is 0 Å². The van der Waals surface area contributed by atoms with E-state index in [0.717, 1.165) is 30.5 Å². The zero-order valence-corrected chi connectivity index (χ0v) is 21.2. The van der Waals surface area contributed by atoms with Gasteiger partial charge < -0.3 is 9.80 Å². The molecule has 7 heteroatoms. The number of likely N-dealkylation sites (N-methyl/N-ethyl adjacent to an activating group) is 1. The second-order valence-corrected chi connectivity index (χ2v) is 10.1. The molecule has 4 aromatic rings. The third-order valence-corrected chi connectivity index (χ3v) is 7.81. The first-order valence-corrected chi connectivity index (χ1v) is 13.3. The predicted molar refractivity (Wildman–Crippen MR) is 143 cm³/mol. The number of rotatable bonds is 7. The van der Waals surface area contributed by atoms with Crippen LogP contribution in [-0.4, -0.2) is 57.6 Å². The summed E-state index contributed by atoms with van der Waals surface area (Å²) in [7, 11) is 1.92. The SMILES string of the molecule is CN(C(=O)c1ccsc1)[C@H](Cc1ccccc1)C1CCN(C(=O)c2ccccc2-n2cccn2)CC1. The summed E-state index contributed by atoms with van der Waals surface area (Å²) in [6.07, 6.45) is 6.08. The van der Waals surface area contributed by atoms with Gasteiger partial charge in [-0.25, -0.2) is 4.68 Å². The summed E-state index contributed by atoms with van der Waals surface area (Å²) in [5.41, 5.74) is 3.41. The van der Waals surface area contributed by atoms with Gasteiger partial charge in [0.2, 0.25) is 0 Å². The fraction of sp³-hybridized carbons (Fsp3) is 0.276. The zero-order chi connectivity index (χ0) is 24.9. The first-order chi connectivity index (χ1) is 17.6. The largest absolute Gasteiger partial charge is 0.339 e. The summed E-state index contributed by atoms with van der Waals surface area (Å²) in [5, 5.41) is 8.17. The van der Waals surface area contributed by atoms with Crippen molar-refractivity contribution in [1.82, 2.24) is 19.6 Å². The van der Waals surface area contributed by atoms with E-state index in [9.17, 15) is 9.59 Å². The highest BCUT2D eigenvalue weighted by Crippen LogP contribution is 2.29. The van der Waals surface area contributed by atoms with Crippen molar-refractivity contribution in [2.75, 3.05) is 20.1 Å². The quantitative estimate of drug-likeness (QED) is 0.353. The van der Waals surface area contributed by atoms with Crippen molar-refractivity contribution < 1.29 is 9.59 Å². The Morgan fingerprint density at radius 3 is 2.47 bits per heavy atom. The van der Waals surface area contributed by atoms with Crippen LogP contribution in [0.15, 0.2) is 89.9 Å². The number of hydrogen-bond donors (Lipinski definition) is 0. The van der Waals surface area contributed by atoms with Crippen molar-refractivity contribution in [2.45, 2.75) is 25.3 Å². The minimum atomic E-state index is 0.0295. The minimum absolute atomic E-state index is 0.0295. The number of benzene rings is 2. The fourth-order valence-corrected chi connectivity index (χ4v) is 5.77. The topological polar surface area (TPSA) is 58.4 Å². The first kappa shape index (κ1) is 24.0. The number of amides is 2. The standard InChI is InChI=1S/C29H30N4O2S/c1-31(28(34)24-14-19-36-21-24)27(20-22-8-3-2-4-9-22)23-12-17-32(18-13-23)29(35)25-10-5-6-11-26(25)33-16-7-15-30-33/h2-11,14-16,19,21,23,27H,12-13,17-18,20H2,1H3/t27-/m1/s1. The molecule has 1 atom stereocenters. The van der Waals surface area contributed by atoms with E-state index in [1.165, 1.54) is 5.56 Å². The number of likely N-dealkylation sites (tertiary alicyclic amines) is 1. The van der Waals surface area contributed by atoms with Crippen molar-refractivity contribution in [3.05, 3.63) is 107 Å². The highest BCUT2D eigenvalue weighted by molar-refractivity contribution is 7.08. The van der Waals surface area contributed by atoms with Gasteiger partial charge >= 0.3 is 0 Å². The van der Waals surface area contributed by atoms with Gasteiger partial charge in [-0.15, -0.1) is 0 Å². The molecule has 0 N–H and O–H groups in total. The third-order valence-electron chi connectivity index (χ3n) is 7.13. The molecule has 6 nitrogen and oxygen atoms in total. The maximum absolute atomic E-state index is 13.5. The van der Waals surface area contributed by atoms with Crippen LogP contribution in [-0.2, 0) is 6.42 Å². The third kappa shape index (κ3) is 5.11. The molecule has 2 amide bonds. The van der Waals surface area contributed by atoms with Crippen LogP contribution in [0, 0.1) is 5.92 Å². The lowest BCUT2D eigenvalue weighted by molar-refractivity contribution is 0.0522. The molecular weight excluding hydrogens is 468 g/mol. The summed E-state index contributed by atoms with van der Waals surface area (Å²) < 4.78 is 1.74. The van der Waals surface area contributed by atoms with Gasteiger partial charge in [-0.1, -0.05) is 42.5 Å². The molecule has 1 saturated heterocycles. The van der Waals surface area contributed by atoms with E-state index in [4.69, 9.17) is 0 Å². The Kier molecular flexibility index (Phi) is 7.28. The zero-order valence-electron chi connectivity index (χ0n) is 20.4. The molecular formula is C29H30N4O2S. The molecule has 0 aliphatic carbocycles. The smallest absolute Gasteiger partial charge is 0.256 e. The number of carbonyl (C=O) groups excluding carboxylic acids is 2. The second kappa shape index (κ2) is 10.9. The van der Waals surface area contributed by atoms with Gasteiger partial charge in [-0.2, -0.15) is 16.4 Å². The molecule has 0 saturated carbocycles. The molecule has 0 bridgehead atoms. The second-order valence-electron chi connectivity index (χ2n) is 9.28. The molecule has 1 fully saturated rings. The van der Waals surface area contributed by atoms with Gasteiger partial charge in [0.25, 0.3) is 11.8 Å². The molecule has 1 aliphatic rings. The van der Waals surface area contributed by atoms with Gasteiger partial charge in [0.15, 0.2) is 0 Å². The van der Waals surface area contributed by atoms with Crippen LogP contribution >= 0.6 is 11.3 Å². The number of para-hydroxylation sites is 1. The van der Waals surface area contributed by atoms with E-state index in [0.29, 0.717) is 24.6 Å². The molecule has 0 spiro atoms. The van der Waals surface area contributed by atoms with Crippen molar-refractivity contribution in [3.63, 3.8) is 0 Å². The fourth-order valence-electron chi connectivity index (χ4n) is 5.14. The average Bonchev–Trinajstić information content (AvgIpc) is 3.66. The molecule has 2 aromatic carbocycles. The molecule has 5 rings (SSSR count). The molecule has 0 unspecified atom stereocenters. The van der Waals surface area contributed by atoms with Crippen LogP contribution in [0.5, 0.6) is 0 Å². The summed E-state index contributed by atoms with van der Waals surface area (Å²) >= 11 is 1.54. The van der Waals surface area contributed by atoms with E-state index >= 15 is 0 Å². The van der Waals surface area contributed by atoms with E-state index in [1.54, 1.807) is 22.2 Å². The number of piperidine rings is 1. The van der Waals surface area contributed by atoms with Crippen molar-refractivity contribution in [2.24, 2.45) is 5.92 Å². The number of nitrogens with zero attached hydrogens (tertiary/aromatic N) is 4. The number of carbonyl (C=O) groups is 2. The normalized spacial score (nSPS) is 15.0. The average molecular weight is 499 g/mol. The van der Waals surface area contributed by atoms with E-state index < -0.39 is 0 Å². The van der Waals surface area contributed by atoms with Crippen molar-refractivity contribution in [1.29, 1.82) is 0 Å². The Morgan fingerprint density at radius 1 is 1.03 bits per heavy atom. The Labute approximate surface area is 215 Å². The van der Waals surface area contributed by atoms with E-state index in [-0.39, 0.29) is 17.9 Å². The van der Waals surface area contributed by atoms with Crippen LogP contribution < -0.4 is 0 Å². The van der Waals surface area contributed by atoms with E-state index in [2.05, 4.69) is 17.2 Å². The first-order valence-electron chi connectivity index (χ1n) is 12.3. The van der Waals surface area contributed by atoms with Crippen LogP contribution in [0.25, 0.3) is 5.69 Å². The summed E-state index contributed by atoms with van der Waals surface area (Å²) in [5.74, 6) is 0.397. The summed E-state index contributed by atoms with van der Waals surface area (Å²) in [6, 6.07) is 21.8. The van der Waals surface area contributed by atoms with Gasteiger partial charge in [0.05, 0.1) is 16.8 Å². The van der Waals surface area contributed by atoms with Gasteiger partial charge in [0, 0.05) is 44.0 Å². The molecule has 0 radical (unpaired) electrons. The van der Waals surface area contributed by atoms with Crippen LogP contribution in [0.3, 0.4) is 0 Å². The minimum Gasteiger partial charge on any atom is -0.339 e. The Bertz CT molecular complexity index is 1280. The Morgan fingerprint density at radius 2 is 1.78 bits per heavy atom. The number of aromatic nitrogens is 2. The highest BCUT2D eigenvalue weighted by Gasteiger charge is 2.33. The molecule has 184 valence electrons. The van der Waals surface area contributed by atoms with Crippen molar-refractivity contribution >= 4 is 23.2 Å². The lowest BCUT2D eigenvalue weighted by Crippen LogP contribution is -2.48. The lowest BCUT2D eigenvalue weighted by Gasteiger charge is -2.40. The number of hydrogen-bond acceptors (Lipinski definition) is 4. The summed E-state index contributed by atoms with van der Waals surface area (Å²) in [6.45, 7) is 1.34. The van der Waals surface area contributed by atoms with E-state index in [1.807, 2.05) is 88.4 Å². The molecule has 36 heavy (non-hydrogen) atoms. The predicted octanol–water partition coefficient (Wildman–Crippen LogP) is 5.17. The van der Waals surface area contributed by atoms with Gasteiger partial charge in [0.1, 0.15) is 0 Å². The maximum atomic E-state index is 13.5. The monoisotopic (exact) mass is 498 g/mol. The Hall–Kier alpha value is -3.71. The molecule has 3 heterocycles. The van der Waals surface area contributed by atoms with Gasteiger partial charge in [-0.3, -0.25) is 9.59 Å². The van der Waals surface area contributed by atoms with Gasteiger partial charge in [-0.05, 0) is 60.4 Å². The highest BCUT2D eigenvalue weighted by atomic mass is 32.1. The van der Waals surface area contributed by atoms with Crippen molar-refractivity contribution in [3.8, 4) is 5.69 Å².